The van der Waals surface area contributed by atoms with Gasteiger partial charge in [-0.05, 0) is 18.9 Å². The maximum absolute atomic E-state index is 12.2. The summed E-state index contributed by atoms with van der Waals surface area (Å²) in [5, 5.41) is 7.45. The number of halogens is 2. The summed E-state index contributed by atoms with van der Waals surface area (Å²) < 4.78 is 0. The van der Waals surface area contributed by atoms with Crippen molar-refractivity contribution in [3.63, 3.8) is 0 Å². The van der Waals surface area contributed by atoms with Gasteiger partial charge in [0, 0.05) is 13.1 Å². The highest BCUT2D eigenvalue weighted by atomic mass is 35.5. The van der Waals surface area contributed by atoms with E-state index in [1.54, 1.807) is 11.9 Å². The zero-order valence-electron chi connectivity index (χ0n) is 10.1. The third-order valence-corrected chi connectivity index (χ3v) is 3.22. The SMILES string of the molecule is CCC(CC)N(C)C(=O)c1cc(Cl)nnc1Cl. The summed E-state index contributed by atoms with van der Waals surface area (Å²) in [6.45, 7) is 4.08. The molecule has 94 valence electrons. The molecular formula is C11H15Cl2N3O. The lowest BCUT2D eigenvalue weighted by molar-refractivity contribution is 0.0723. The predicted octanol–water partition coefficient (Wildman–Crippen LogP) is 3.04. The molecule has 0 N–H and O–H groups in total. The Morgan fingerprint density at radius 2 is 1.94 bits per heavy atom. The van der Waals surface area contributed by atoms with Crippen LogP contribution in [0, 0.1) is 0 Å². The molecule has 0 saturated heterocycles. The van der Waals surface area contributed by atoms with Gasteiger partial charge in [0.1, 0.15) is 0 Å². The summed E-state index contributed by atoms with van der Waals surface area (Å²) in [5.74, 6) is -0.180. The molecule has 1 amide bonds. The Hall–Kier alpha value is -0.870. The lowest BCUT2D eigenvalue weighted by Crippen LogP contribution is -2.36. The highest BCUT2D eigenvalue weighted by Crippen LogP contribution is 2.19. The largest absolute Gasteiger partial charge is 0.339 e. The molecule has 0 aromatic carbocycles. The van der Waals surface area contributed by atoms with Crippen LogP contribution in [0.2, 0.25) is 10.3 Å². The second-order valence-electron chi connectivity index (χ2n) is 3.76. The molecule has 1 aromatic rings. The van der Waals surface area contributed by atoms with E-state index in [0.717, 1.165) is 12.8 Å². The monoisotopic (exact) mass is 275 g/mol. The van der Waals surface area contributed by atoms with Crippen LogP contribution in [-0.2, 0) is 0 Å². The van der Waals surface area contributed by atoms with Crippen molar-refractivity contribution in [1.29, 1.82) is 0 Å². The molecule has 0 aliphatic carbocycles. The zero-order valence-corrected chi connectivity index (χ0v) is 11.6. The fourth-order valence-electron chi connectivity index (χ4n) is 1.70. The summed E-state index contributed by atoms with van der Waals surface area (Å²) in [6.07, 6.45) is 1.78. The Kier molecular flexibility index (Phi) is 5.15. The van der Waals surface area contributed by atoms with Crippen molar-refractivity contribution >= 4 is 29.1 Å². The molecule has 1 rings (SSSR count). The number of amides is 1. The van der Waals surface area contributed by atoms with Crippen molar-refractivity contribution < 1.29 is 4.79 Å². The van der Waals surface area contributed by atoms with E-state index in [4.69, 9.17) is 23.2 Å². The van der Waals surface area contributed by atoms with E-state index in [9.17, 15) is 4.79 Å². The van der Waals surface area contributed by atoms with Gasteiger partial charge in [-0.2, -0.15) is 0 Å². The van der Waals surface area contributed by atoms with Gasteiger partial charge < -0.3 is 4.90 Å². The van der Waals surface area contributed by atoms with E-state index < -0.39 is 0 Å². The number of hydrogen-bond acceptors (Lipinski definition) is 3. The maximum atomic E-state index is 12.2. The Bertz CT molecular complexity index is 408. The molecule has 0 fully saturated rings. The minimum absolute atomic E-state index is 0.0807. The normalized spacial score (nSPS) is 10.7. The molecule has 0 spiro atoms. The fraction of sp³-hybridized carbons (Fsp3) is 0.545. The second-order valence-corrected chi connectivity index (χ2v) is 4.50. The van der Waals surface area contributed by atoms with Gasteiger partial charge in [0.2, 0.25) is 0 Å². The van der Waals surface area contributed by atoms with Crippen LogP contribution in [0.25, 0.3) is 0 Å². The number of carbonyl (C=O) groups is 1. The average Bonchev–Trinajstić information content (AvgIpc) is 2.32. The first-order valence-electron chi connectivity index (χ1n) is 5.47. The fourth-order valence-corrected chi connectivity index (χ4v) is 2.02. The molecule has 4 nitrogen and oxygen atoms in total. The van der Waals surface area contributed by atoms with E-state index in [-0.39, 0.29) is 22.3 Å². The zero-order chi connectivity index (χ0) is 13.0. The van der Waals surface area contributed by atoms with Gasteiger partial charge in [0.15, 0.2) is 10.3 Å². The van der Waals surface area contributed by atoms with Crippen LogP contribution in [-0.4, -0.2) is 34.1 Å². The number of aromatic nitrogens is 2. The van der Waals surface area contributed by atoms with Gasteiger partial charge in [-0.3, -0.25) is 4.79 Å². The first-order valence-corrected chi connectivity index (χ1v) is 6.22. The van der Waals surface area contributed by atoms with Crippen molar-refractivity contribution in [3.05, 3.63) is 21.9 Å². The summed E-state index contributed by atoms with van der Waals surface area (Å²) in [5.41, 5.74) is 0.293. The second kappa shape index (κ2) is 6.17. The van der Waals surface area contributed by atoms with Crippen LogP contribution in [0.1, 0.15) is 37.0 Å². The molecule has 0 aliphatic heterocycles. The highest BCUT2D eigenvalue weighted by Gasteiger charge is 2.21. The number of carbonyl (C=O) groups excluding carboxylic acids is 1. The Morgan fingerprint density at radius 3 is 2.47 bits per heavy atom. The third-order valence-electron chi connectivity index (χ3n) is 2.76. The quantitative estimate of drug-likeness (QED) is 0.849. The van der Waals surface area contributed by atoms with Gasteiger partial charge in [0.25, 0.3) is 5.91 Å². The molecule has 1 aromatic heterocycles. The van der Waals surface area contributed by atoms with E-state index in [0.29, 0.717) is 5.56 Å². The molecule has 1 heterocycles. The highest BCUT2D eigenvalue weighted by molar-refractivity contribution is 6.34. The molecule has 0 radical (unpaired) electrons. The van der Waals surface area contributed by atoms with E-state index in [2.05, 4.69) is 10.2 Å². The van der Waals surface area contributed by atoms with Crippen molar-refractivity contribution in [2.75, 3.05) is 7.05 Å². The van der Waals surface area contributed by atoms with Gasteiger partial charge in [0.05, 0.1) is 5.56 Å². The smallest absolute Gasteiger partial charge is 0.257 e. The summed E-state index contributed by atoms with van der Waals surface area (Å²) in [4.78, 5) is 13.9. The maximum Gasteiger partial charge on any atom is 0.257 e. The van der Waals surface area contributed by atoms with Crippen molar-refractivity contribution in [3.8, 4) is 0 Å². The van der Waals surface area contributed by atoms with Crippen molar-refractivity contribution in [2.45, 2.75) is 32.7 Å². The van der Waals surface area contributed by atoms with E-state index in [1.165, 1.54) is 6.07 Å². The molecule has 0 bridgehead atoms. The van der Waals surface area contributed by atoms with Crippen LogP contribution >= 0.6 is 23.2 Å². The molecular weight excluding hydrogens is 261 g/mol. The topological polar surface area (TPSA) is 46.1 Å². The minimum Gasteiger partial charge on any atom is -0.339 e. The van der Waals surface area contributed by atoms with Gasteiger partial charge in [-0.25, -0.2) is 0 Å². The van der Waals surface area contributed by atoms with Gasteiger partial charge >= 0.3 is 0 Å². The molecule has 0 saturated carbocycles. The summed E-state index contributed by atoms with van der Waals surface area (Å²) >= 11 is 11.6. The van der Waals surface area contributed by atoms with Crippen molar-refractivity contribution in [2.24, 2.45) is 0 Å². The number of nitrogens with zero attached hydrogens (tertiary/aromatic N) is 3. The molecule has 6 heteroatoms. The molecule has 0 atom stereocenters. The standard InChI is InChI=1S/C11H15Cl2N3O/c1-4-7(5-2)16(3)11(17)8-6-9(12)14-15-10(8)13/h6-7H,4-5H2,1-3H3. The molecule has 17 heavy (non-hydrogen) atoms. The Balaban J connectivity index is 2.99. The Labute approximate surface area is 111 Å². The molecule has 0 aliphatic rings. The molecule has 0 unspecified atom stereocenters. The lowest BCUT2D eigenvalue weighted by atomic mass is 10.1. The summed E-state index contributed by atoms with van der Waals surface area (Å²) in [6, 6.07) is 1.63. The van der Waals surface area contributed by atoms with Crippen LogP contribution in [0.5, 0.6) is 0 Å². The van der Waals surface area contributed by atoms with Gasteiger partial charge in [-0.15, -0.1) is 10.2 Å². The first-order chi connectivity index (χ1) is 8.01. The van der Waals surface area contributed by atoms with Crippen LogP contribution in [0.15, 0.2) is 6.07 Å². The number of rotatable bonds is 4. The lowest BCUT2D eigenvalue weighted by Gasteiger charge is -2.26. The summed E-state index contributed by atoms with van der Waals surface area (Å²) in [7, 11) is 1.75. The van der Waals surface area contributed by atoms with Gasteiger partial charge in [-0.1, -0.05) is 37.0 Å². The van der Waals surface area contributed by atoms with E-state index in [1.807, 2.05) is 13.8 Å². The predicted molar refractivity (Wildman–Crippen MR) is 68.5 cm³/mol. The van der Waals surface area contributed by atoms with Crippen LogP contribution in [0.4, 0.5) is 0 Å². The Morgan fingerprint density at radius 1 is 1.35 bits per heavy atom. The average molecular weight is 276 g/mol. The van der Waals surface area contributed by atoms with Crippen molar-refractivity contribution in [1.82, 2.24) is 15.1 Å². The third kappa shape index (κ3) is 3.30. The number of hydrogen-bond donors (Lipinski definition) is 0. The van der Waals surface area contributed by atoms with Crippen LogP contribution < -0.4 is 0 Å². The first kappa shape index (κ1) is 14.2. The van der Waals surface area contributed by atoms with Crippen LogP contribution in [0.3, 0.4) is 0 Å². The van der Waals surface area contributed by atoms with E-state index >= 15 is 0 Å². The minimum atomic E-state index is -0.180.